The zero-order valence-electron chi connectivity index (χ0n) is 12.0. The number of H-pyrrole nitrogens is 1. The fourth-order valence-electron chi connectivity index (χ4n) is 2.04. The Bertz CT molecular complexity index is 706. The van der Waals surface area contributed by atoms with E-state index in [-0.39, 0.29) is 6.42 Å². The average molecular weight is 325 g/mol. The largest absolute Gasteiger partial charge is 0.394 e. The summed E-state index contributed by atoms with van der Waals surface area (Å²) in [7, 11) is 0. The molecule has 3 atom stereocenters. The highest BCUT2D eigenvalue weighted by atomic mass is 19.1. The number of hydrogen-bond donors (Lipinski definition) is 3. The summed E-state index contributed by atoms with van der Waals surface area (Å²) in [5.74, 6) is -1.12. The number of aliphatic hydroxyl groups is 2. The first-order valence-corrected chi connectivity index (χ1v) is 6.83. The highest BCUT2D eigenvalue weighted by Crippen LogP contribution is 2.27. The molecular formula is C14H16FN3O5. The van der Waals surface area contributed by atoms with E-state index in [0.717, 1.165) is 10.8 Å². The van der Waals surface area contributed by atoms with Gasteiger partial charge in [-0.15, -0.1) is 0 Å². The molecule has 1 saturated heterocycles. The lowest BCUT2D eigenvalue weighted by atomic mass is 10.2. The number of nitrogens with zero attached hydrogens (tertiary/aromatic N) is 2. The summed E-state index contributed by atoms with van der Waals surface area (Å²) in [6, 6.07) is 5.72. The van der Waals surface area contributed by atoms with Gasteiger partial charge < -0.3 is 14.9 Å². The minimum absolute atomic E-state index is 0.0383. The van der Waals surface area contributed by atoms with Gasteiger partial charge in [-0.3, -0.25) is 19.3 Å². The van der Waals surface area contributed by atoms with Crippen molar-refractivity contribution in [3.05, 3.63) is 63.4 Å². The molecule has 8 nitrogen and oxygen atoms in total. The first-order chi connectivity index (χ1) is 11.0. The molecule has 0 amide bonds. The molecule has 3 N–H and O–H groups in total. The maximum Gasteiger partial charge on any atom is 0.330 e. The van der Waals surface area contributed by atoms with Crippen molar-refractivity contribution < 1.29 is 19.3 Å². The molecule has 2 aromatic rings. The molecule has 23 heavy (non-hydrogen) atoms. The maximum atomic E-state index is 13.0. The lowest BCUT2D eigenvalue weighted by molar-refractivity contribution is -0.0462. The third-order valence-electron chi connectivity index (χ3n) is 3.19. The van der Waals surface area contributed by atoms with E-state index in [0.29, 0.717) is 0 Å². The smallest absolute Gasteiger partial charge is 0.330 e. The van der Waals surface area contributed by atoms with Gasteiger partial charge in [0.2, 0.25) is 5.82 Å². The zero-order valence-corrected chi connectivity index (χ0v) is 12.0. The molecule has 0 spiro atoms. The molecule has 3 heterocycles. The van der Waals surface area contributed by atoms with E-state index in [1.54, 1.807) is 17.4 Å². The van der Waals surface area contributed by atoms with Crippen molar-refractivity contribution in [1.82, 2.24) is 14.5 Å². The van der Waals surface area contributed by atoms with Gasteiger partial charge in [0.05, 0.1) is 18.9 Å². The summed E-state index contributed by atoms with van der Waals surface area (Å²) < 4.78 is 19.0. The summed E-state index contributed by atoms with van der Waals surface area (Å²) in [5, 5.41) is 18.3. The van der Waals surface area contributed by atoms with E-state index >= 15 is 0 Å². The highest BCUT2D eigenvalue weighted by Gasteiger charge is 2.35. The number of rotatable bonds is 2. The van der Waals surface area contributed by atoms with Gasteiger partial charge in [0.15, 0.2) is 0 Å². The van der Waals surface area contributed by atoms with Crippen molar-refractivity contribution in [3.8, 4) is 0 Å². The van der Waals surface area contributed by atoms with Crippen molar-refractivity contribution in [2.75, 3.05) is 6.61 Å². The Labute approximate surface area is 129 Å². The van der Waals surface area contributed by atoms with E-state index in [2.05, 4.69) is 4.98 Å². The number of aromatic nitrogens is 3. The zero-order chi connectivity index (χ0) is 16.8. The Morgan fingerprint density at radius 1 is 1.35 bits per heavy atom. The summed E-state index contributed by atoms with van der Waals surface area (Å²) in [6.07, 6.45) is 1.60. The van der Waals surface area contributed by atoms with Crippen LogP contribution in [0.3, 0.4) is 0 Å². The number of hydrogen-bond acceptors (Lipinski definition) is 6. The first kappa shape index (κ1) is 17.0. The van der Waals surface area contributed by atoms with Crippen molar-refractivity contribution >= 4 is 0 Å². The Balaban J connectivity index is 0.000000268. The normalized spacial score (nSPS) is 23.2. The number of pyridine rings is 1. The van der Waals surface area contributed by atoms with Gasteiger partial charge in [-0.2, -0.15) is 4.39 Å². The molecule has 0 unspecified atom stereocenters. The second-order valence-electron chi connectivity index (χ2n) is 4.78. The van der Waals surface area contributed by atoms with E-state index in [4.69, 9.17) is 9.84 Å². The monoisotopic (exact) mass is 325 g/mol. The number of aromatic amines is 1. The van der Waals surface area contributed by atoms with Crippen LogP contribution in [0.15, 0.2) is 46.4 Å². The minimum Gasteiger partial charge on any atom is -0.394 e. The molecule has 1 aliphatic rings. The van der Waals surface area contributed by atoms with Gasteiger partial charge in [-0.05, 0) is 12.1 Å². The number of aliphatic hydroxyl groups excluding tert-OH is 2. The van der Waals surface area contributed by atoms with Crippen molar-refractivity contribution in [2.45, 2.75) is 24.9 Å². The third-order valence-corrected chi connectivity index (χ3v) is 3.19. The Hall–Kier alpha value is -2.36. The van der Waals surface area contributed by atoms with Gasteiger partial charge in [-0.25, -0.2) is 4.79 Å². The van der Waals surface area contributed by atoms with Gasteiger partial charge in [0, 0.05) is 18.8 Å². The Kier molecular flexibility index (Phi) is 5.74. The molecule has 9 heteroatoms. The molecule has 1 fully saturated rings. The van der Waals surface area contributed by atoms with Crippen LogP contribution in [0.5, 0.6) is 0 Å². The predicted molar refractivity (Wildman–Crippen MR) is 77.1 cm³/mol. The molecule has 0 aromatic carbocycles. The number of ether oxygens (including phenoxy) is 1. The third kappa shape index (κ3) is 4.31. The Morgan fingerprint density at radius 2 is 2.04 bits per heavy atom. The van der Waals surface area contributed by atoms with E-state index in [9.17, 15) is 19.1 Å². The second-order valence-corrected chi connectivity index (χ2v) is 4.78. The van der Waals surface area contributed by atoms with Gasteiger partial charge >= 0.3 is 5.69 Å². The topological polar surface area (TPSA) is 117 Å². The van der Waals surface area contributed by atoms with Gasteiger partial charge in [0.25, 0.3) is 5.56 Å². The molecule has 3 rings (SSSR count). The van der Waals surface area contributed by atoms with E-state index < -0.39 is 42.1 Å². The van der Waals surface area contributed by atoms with Crippen LogP contribution in [0.2, 0.25) is 0 Å². The quantitative estimate of drug-likeness (QED) is 0.678. The fourth-order valence-corrected chi connectivity index (χ4v) is 2.04. The molecule has 1 aliphatic heterocycles. The van der Waals surface area contributed by atoms with Gasteiger partial charge in [-0.1, -0.05) is 6.07 Å². The molecule has 0 radical (unpaired) electrons. The number of nitrogens with one attached hydrogen (secondary N) is 1. The van der Waals surface area contributed by atoms with Crippen LogP contribution in [0.4, 0.5) is 4.39 Å². The minimum atomic E-state index is -1.12. The lowest BCUT2D eigenvalue weighted by Crippen LogP contribution is -2.34. The van der Waals surface area contributed by atoms with Crippen molar-refractivity contribution in [2.24, 2.45) is 0 Å². The van der Waals surface area contributed by atoms with Gasteiger partial charge in [0.1, 0.15) is 12.3 Å². The standard InChI is InChI=1S/C9H11FN2O5.C5H5N/c10-4-2-12(9(16)11-8(4)15)7-1-5(14)6(3-13)17-7;1-2-4-6-5-3-1/h2,5-7,13-14H,1,3H2,(H,11,15,16);1-5H/t5-,6+,7+;/m0./s1. The average Bonchev–Trinajstić information content (AvgIpc) is 2.94. The predicted octanol–water partition coefficient (Wildman–Crippen LogP) is -0.602. The van der Waals surface area contributed by atoms with Crippen molar-refractivity contribution in [3.63, 3.8) is 0 Å². The first-order valence-electron chi connectivity index (χ1n) is 6.83. The van der Waals surface area contributed by atoms with E-state index in [1.807, 2.05) is 18.2 Å². The maximum absolute atomic E-state index is 13.0. The summed E-state index contributed by atoms with van der Waals surface area (Å²) in [5.41, 5.74) is -1.93. The molecule has 0 saturated carbocycles. The molecular weight excluding hydrogens is 309 g/mol. The van der Waals surface area contributed by atoms with Crippen LogP contribution in [-0.2, 0) is 4.74 Å². The van der Waals surface area contributed by atoms with Crippen LogP contribution in [0.25, 0.3) is 0 Å². The summed E-state index contributed by atoms with van der Waals surface area (Å²) in [6.45, 7) is -0.405. The SMILES string of the molecule is O=c1[nH]c(=O)n([C@H]2C[C@H](O)[C@@H](CO)O2)cc1F.c1ccncc1. The number of halogens is 1. The van der Waals surface area contributed by atoms with Crippen LogP contribution in [0, 0.1) is 5.82 Å². The van der Waals surface area contributed by atoms with Crippen LogP contribution in [-0.4, -0.2) is 43.6 Å². The lowest BCUT2D eigenvalue weighted by Gasteiger charge is -2.13. The Morgan fingerprint density at radius 3 is 2.52 bits per heavy atom. The summed E-state index contributed by atoms with van der Waals surface area (Å²) in [4.78, 5) is 27.8. The molecule has 2 aromatic heterocycles. The highest BCUT2D eigenvalue weighted by molar-refractivity contribution is 4.91. The van der Waals surface area contributed by atoms with E-state index in [1.165, 1.54) is 0 Å². The van der Waals surface area contributed by atoms with Crippen LogP contribution >= 0.6 is 0 Å². The molecule has 0 aliphatic carbocycles. The fraction of sp³-hybridized carbons (Fsp3) is 0.357. The van der Waals surface area contributed by atoms with Crippen molar-refractivity contribution in [1.29, 1.82) is 0 Å². The second kappa shape index (κ2) is 7.77. The van der Waals surface area contributed by atoms with Crippen LogP contribution in [0.1, 0.15) is 12.6 Å². The summed E-state index contributed by atoms with van der Waals surface area (Å²) >= 11 is 0. The molecule has 0 bridgehead atoms. The molecule has 124 valence electrons. The van der Waals surface area contributed by atoms with Crippen LogP contribution < -0.4 is 11.2 Å².